The van der Waals surface area contributed by atoms with Gasteiger partial charge in [-0.25, -0.2) is 0 Å². The Morgan fingerprint density at radius 1 is 1.10 bits per heavy atom. The summed E-state index contributed by atoms with van der Waals surface area (Å²) in [5.74, 6) is -1.15. The molecule has 3 aliphatic rings. The van der Waals surface area contributed by atoms with E-state index in [0.29, 0.717) is 18.7 Å². The highest BCUT2D eigenvalue weighted by atomic mass is 32.1. The summed E-state index contributed by atoms with van der Waals surface area (Å²) in [6.07, 6.45) is 6.53. The van der Waals surface area contributed by atoms with Crippen LogP contribution in [-0.2, 0) is 32.6 Å². The van der Waals surface area contributed by atoms with E-state index in [4.69, 9.17) is 0 Å². The molecule has 5 rings (SSSR count). The predicted molar refractivity (Wildman–Crippen MR) is 117 cm³/mol. The maximum absolute atomic E-state index is 12.6. The highest BCUT2D eigenvalue weighted by molar-refractivity contribution is 7.10. The molecule has 0 spiro atoms. The Morgan fingerprint density at radius 3 is 2.67 bits per heavy atom. The number of amides is 3. The molecule has 0 unspecified atom stereocenters. The largest absolute Gasteiger partial charge is 0.347 e. The minimum Gasteiger partial charge on any atom is -0.347 e. The summed E-state index contributed by atoms with van der Waals surface area (Å²) in [6.45, 7) is 1.25. The first-order chi connectivity index (χ1) is 14.6. The monoisotopic (exact) mass is 423 g/mol. The van der Waals surface area contributed by atoms with Crippen molar-refractivity contribution in [2.75, 3.05) is 23.3 Å². The summed E-state index contributed by atoms with van der Waals surface area (Å²) in [7, 11) is 0. The van der Waals surface area contributed by atoms with Gasteiger partial charge in [0.25, 0.3) is 0 Å². The van der Waals surface area contributed by atoms with Gasteiger partial charge < -0.3 is 15.5 Å². The number of benzene rings is 1. The van der Waals surface area contributed by atoms with Crippen molar-refractivity contribution in [3.63, 3.8) is 0 Å². The lowest BCUT2D eigenvalue weighted by molar-refractivity contribution is -0.136. The van der Waals surface area contributed by atoms with E-state index in [-0.39, 0.29) is 11.3 Å². The van der Waals surface area contributed by atoms with Gasteiger partial charge in [0.1, 0.15) is 0 Å². The first-order valence-electron chi connectivity index (χ1n) is 10.7. The normalized spacial score (nSPS) is 18.9. The molecule has 1 aromatic carbocycles. The molecule has 0 atom stereocenters. The molecule has 1 fully saturated rings. The third-order valence-electron chi connectivity index (χ3n) is 6.66. The van der Waals surface area contributed by atoms with Crippen molar-refractivity contribution in [1.29, 1.82) is 0 Å². The first kappa shape index (κ1) is 19.3. The average molecular weight is 424 g/mol. The smallest absolute Gasteiger partial charge is 0.313 e. The van der Waals surface area contributed by atoms with Gasteiger partial charge in [-0.3, -0.25) is 14.4 Å². The summed E-state index contributed by atoms with van der Waals surface area (Å²) >= 11 is 1.72. The van der Waals surface area contributed by atoms with Crippen molar-refractivity contribution < 1.29 is 14.4 Å². The molecular formula is C23H25N3O3S. The van der Waals surface area contributed by atoms with Crippen molar-refractivity contribution in [3.05, 3.63) is 45.6 Å². The number of rotatable bonds is 4. The molecule has 0 saturated heterocycles. The molecule has 2 N–H and O–H groups in total. The van der Waals surface area contributed by atoms with Gasteiger partial charge in [-0.05, 0) is 60.4 Å². The number of nitrogens with zero attached hydrogens (tertiary/aromatic N) is 1. The summed E-state index contributed by atoms with van der Waals surface area (Å²) in [5, 5.41) is 7.68. The zero-order chi connectivity index (χ0) is 20.7. The number of hydrogen-bond donors (Lipinski definition) is 2. The van der Waals surface area contributed by atoms with Crippen molar-refractivity contribution in [2.45, 2.75) is 50.4 Å². The quantitative estimate of drug-likeness (QED) is 0.742. The molecule has 0 bridgehead atoms. The molecular weight excluding hydrogens is 398 g/mol. The van der Waals surface area contributed by atoms with Crippen LogP contribution in [0.15, 0.2) is 29.6 Å². The molecule has 2 aliphatic heterocycles. The van der Waals surface area contributed by atoms with Gasteiger partial charge in [0, 0.05) is 29.1 Å². The zero-order valence-electron chi connectivity index (χ0n) is 16.8. The fourth-order valence-electron chi connectivity index (χ4n) is 5.21. The first-order valence-corrected chi connectivity index (χ1v) is 11.5. The van der Waals surface area contributed by atoms with Crippen LogP contribution in [0.25, 0.3) is 0 Å². The second-order valence-corrected chi connectivity index (χ2v) is 9.52. The minimum atomic E-state index is -0.654. The van der Waals surface area contributed by atoms with Crippen LogP contribution in [0.3, 0.4) is 0 Å². The lowest BCUT2D eigenvalue weighted by atomic mass is 9.84. The van der Waals surface area contributed by atoms with Gasteiger partial charge in [-0.2, -0.15) is 0 Å². The third-order valence-corrected chi connectivity index (χ3v) is 7.78. The van der Waals surface area contributed by atoms with Crippen molar-refractivity contribution in [1.82, 2.24) is 5.32 Å². The fourth-order valence-corrected chi connectivity index (χ4v) is 6.20. The maximum Gasteiger partial charge on any atom is 0.313 e. The van der Waals surface area contributed by atoms with Crippen LogP contribution in [-0.4, -0.2) is 30.8 Å². The molecule has 1 saturated carbocycles. The second kappa shape index (κ2) is 7.54. The lowest BCUT2D eigenvalue weighted by Crippen LogP contribution is -2.43. The number of nitrogens with one attached hydrogen (secondary N) is 2. The summed E-state index contributed by atoms with van der Waals surface area (Å²) in [6, 6.07) is 7.90. The van der Waals surface area contributed by atoms with Crippen LogP contribution in [0.1, 0.15) is 48.1 Å². The van der Waals surface area contributed by atoms with Gasteiger partial charge in [-0.15, -0.1) is 11.3 Å². The topological polar surface area (TPSA) is 78.5 Å². The van der Waals surface area contributed by atoms with Crippen LogP contribution in [0.4, 0.5) is 11.4 Å². The molecule has 6 nitrogen and oxygen atoms in total. The molecule has 1 aromatic heterocycles. The van der Waals surface area contributed by atoms with Crippen LogP contribution >= 0.6 is 11.3 Å². The van der Waals surface area contributed by atoms with Crippen LogP contribution in [0.2, 0.25) is 0 Å². The van der Waals surface area contributed by atoms with Crippen molar-refractivity contribution in [2.24, 2.45) is 0 Å². The molecule has 3 amide bonds. The van der Waals surface area contributed by atoms with E-state index in [2.05, 4.69) is 22.1 Å². The Morgan fingerprint density at radius 2 is 1.90 bits per heavy atom. The zero-order valence-corrected chi connectivity index (χ0v) is 17.6. The molecule has 30 heavy (non-hydrogen) atoms. The van der Waals surface area contributed by atoms with Gasteiger partial charge in [0.2, 0.25) is 5.91 Å². The SMILES string of the molecule is O=C(NCC1(c2cccs2)CCCC1)C(=O)Nc1cc2c3c(c1)CC(=O)N3CCC2. The predicted octanol–water partition coefficient (Wildman–Crippen LogP) is 3.15. The Balaban J connectivity index is 1.27. The summed E-state index contributed by atoms with van der Waals surface area (Å²) in [5.41, 5.74) is 3.56. The Kier molecular flexibility index (Phi) is 4.85. The van der Waals surface area contributed by atoms with Gasteiger partial charge in [0.15, 0.2) is 0 Å². The summed E-state index contributed by atoms with van der Waals surface area (Å²) in [4.78, 5) is 40.4. The van der Waals surface area contributed by atoms with Crippen LogP contribution < -0.4 is 15.5 Å². The van der Waals surface area contributed by atoms with E-state index in [9.17, 15) is 14.4 Å². The van der Waals surface area contributed by atoms with Crippen molar-refractivity contribution >= 4 is 40.4 Å². The molecule has 0 radical (unpaired) electrons. The standard InChI is InChI=1S/C23H25N3O3S/c27-19-13-16-12-17(11-15-5-3-9-26(19)20(15)16)25-22(29)21(28)24-14-23(7-1-2-8-23)18-6-4-10-30-18/h4,6,10-12H,1-3,5,7-9,13-14H2,(H,24,28)(H,25,29). The van der Waals surface area contributed by atoms with E-state index in [0.717, 1.165) is 61.9 Å². The van der Waals surface area contributed by atoms with Crippen LogP contribution in [0.5, 0.6) is 0 Å². The minimum absolute atomic E-state index is 0.0499. The number of thiophene rings is 1. The van der Waals surface area contributed by atoms with E-state index < -0.39 is 11.8 Å². The van der Waals surface area contributed by atoms with E-state index in [1.165, 1.54) is 4.88 Å². The molecule has 3 heterocycles. The average Bonchev–Trinajstić information content (AvgIpc) is 3.48. The second-order valence-electron chi connectivity index (χ2n) is 8.57. The number of hydrogen-bond acceptors (Lipinski definition) is 4. The number of anilines is 2. The van der Waals surface area contributed by atoms with Gasteiger partial charge >= 0.3 is 11.8 Å². The molecule has 156 valence electrons. The highest BCUT2D eigenvalue weighted by Gasteiger charge is 2.37. The fraction of sp³-hybridized carbons (Fsp3) is 0.435. The Labute approximate surface area is 179 Å². The third kappa shape index (κ3) is 3.31. The number of aryl methyl sites for hydroxylation is 1. The van der Waals surface area contributed by atoms with Gasteiger partial charge in [0.05, 0.1) is 12.1 Å². The molecule has 2 aromatic rings. The summed E-state index contributed by atoms with van der Waals surface area (Å²) < 4.78 is 0. The van der Waals surface area contributed by atoms with E-state index in [1.54, 1.807) is 11.3 Å². The number of carbonyl (C=O) groups is 3. The Hall–Kier alpha value is -2.67. The van der Waals surface area contributed by atoms with Crippen LogP contribution in [0, 0.1) is 0 Å². The highest BCUT2D eigenvalue weighted by Crippen LogP contribution is 2.42. The molecule has 7 heteroatoms. The van der Waals surface area contributed by atoms with E-state index >= 15 is 0 Å². The van der Waals surface area contributed by atoms with Crippen molar-refractivity contribution in [3.8, 4) is 0 Å². The maximum atomic E-state index is 12.6. The van der Waals surface area contributed by atoms with E-state index in [1.807, 2.05) is 23.1 Å². The molecule has 1 aliphatic carbocycles. The Bertz CT molecular complexity index is 1010. The van der Waals surface area contributed by atoms with Gasteiger partial charge in [-0.1, -0.05) is 18.9 Å². The number of carbonyl (C=O) groups excluding carboxylic acids is 3. The lowest BCUT2D eigenvalue weighted by Gasteiger charge is -2.28.